The average Bonchev–Trinajstić information content (AvgIpc) is 2.79. The van der Waals surface area contributed by atoms with Crippen LogP contribution >= 0.6 is 0 Å². The number of aliphatic carboxylic acids is 1. The summed E-state index contributed by atoms with van der Waals surface area (Å²) in [5.74, 6) is -0.643. The molecule has 0 amide bonds. The monoisotopic (exact) mass is 516 g/mol. The van der Waals surface area contributed by atoms with Crippen molar-refractivity contribution in [1.82, 2.24) is 9.62 Å². The fraction of sp³-hybridized carbons (Fsp3) is 0.536. The van der Waals surface area contributed by atoms with Gasteiger partial charge < -0.3 is 15.2 Å². The molecule has 0 spiro atoms. The normalized spacial score (nSPS) is 17.9. The summed E-state index contributed by atoms with van der Waals surface area (Å²) in [5, 5.41) is 13.1. The number of carboxylic acids is 1. The van der Waals surface area contributed by atoms with Crippen molar-refractivity contribution in [2.24, 2.45) is 5.92 Å². The average molecular weight is 517 g/mol. The molecule has 7 nitrogen and oxygen atoms in total. The van der Waals surface area contributed by atoms with Crippen LogP contribution in [0.25, 0.3) is 0 Å². The first kappa shape index (κ1) is 28.2. The maximum atomic E-state index is 12.9. The van der Waals surface area contributed by atoms with Gasteiger partial charge >= 0.3 is 5.97 Å². The van der Waals surface area contributed by atoms with E-state index in [4.69, 9.17) is 4.74 Å². The molecule has 0 saturated carbocycles. The Morgan fingerprint density at radius 3 is 2.56 bits per heavy atom. The van der Waals surface area contributed by atoms with Gasteiger partial charge in [-0.15, -0.1) is 0 Å². The van der Waals surface area contributed by atoms with Crippen LogP contribution in [0, 0.1) is 12.8 Å². The van der Waals surface area contributed by atoms with Crippen molar-refractivity contribution >= 4 is 16.0 Å². The molecule has 2 aromatic carbocycles. The van der Waals surface area contributed by atoms with Crippen LogP contribution in [0.5, 0.6) is 5.75 Å². The Hall–Kier alpha value is -2.42. The standard InChI is InChI=1S/C28H40N2O5S/c1-21-12-13-26-24(19-21)25(20-28(2,3)35-26)30(36(4,33)34)18-8-11-23(27(31)32)15-17-29-16-14-22-9-6-5-7-10-22/h5-7,9-10,12-13,19,23,25,29H,8,11,14-18,20H2,1-4H3,(H,31,32). The van der Waals surface area contributed by atoms with Crippen LogP contribution in [-0.4, -0.2) is 55.3 Å². The van der Waals surface area contributed by atoms with Crippen LogP contribution in [0.2, 0.25) is 0 Å². The first-order chi connectivity index (χ1) is 17.0. The summed E-state index contributed by atoms with van der Waals surface area (Å²) in [6.45, 7) is 7.59. The summed E-state index contributed by atoms with van der Waals surface area (Å²) >= 11 is 0. The van der Waals surface area contributed by atoms with Crippen LogP contribution in [0.3, 0.4) is 0 Å². The molecule has 36 heavy (non-hydrogen) atoms. The molecular formula is C28H40N2O5S. The third kappa shape index (κ3) is 8.05. The van der Waals surface area contributed by atoms with Gasteiger partial charge in [-0.25, -0.2) is 8.42 Å². The van der Waals surface area contributed by atoms with Crippen molar-refractivity contribution in [3.05, 3.63) is 65.2 Å². The summed E-state index contributed by atoms with van der Waals surface area (Å²) in [6, 6.07) is 15.7. The van der Waals surface area contributed by atoms with Crippen LogP contribution in [-0.2, 0) is 21.2 Å². The fourth-order valence-electron chi connectivity index (χ4n) is 4.91. The summed E-state index contributed by atoms with van der Waals surface area (Å²) in [5.41, 5.74) is 2.65. The Balaban J connectivity index is 1.59. The summed E-state index contributed by atoms with van der Waals surface area (Å²) < 4.78 is 33.4. The predicted molar refractivity (Wildman–Crippen MR) is 143 cm³/mol. The minimum atomic E-state index is -3.52. The van der Waals surface area contributed by atoms with E-state index in [1.54, 1.807) is 0 Å². The molecule has 2 aromatic rings. The number of fused-ring (bicyclic) bond motifs is 1. The number of benzene rings is 2. The van der Waals surface area contributed by atoms with E-state index in [0.29, 0.717) is 38.0 Å². The Morgan fingerprint density at radius 2 is 1.89 bits per heavy atom. The molecule has 0 aliphatic carbocycles. The smallest absolute Gasteiger partial charge is 0.306 e. The van der Waals surface area contributed by atoms with Gasteiger partial charge in [0.05, 0.1) is 18.2 Å². The molecule has 198 valence electrons. The van der Waals surface area contributed by atoms with Crippen LogP contribution in [0.4, 0.5) is 0 Å². The molecule has 3 rings (SSSR count). The minimum Gasteiger partial charge on any atom is -0.487 e. The number of aryl methyl sites for hydroxylation is 1. The third-order valence-corrected chi connectivity index (χ3v) is 8.04. The first-order valence-electron chi connectivity index (χ1n) is 12.7. The van der Waals surface area contributed by atoms with Gasteiger partial charge in [0.25, 0.3) is 0 Å². The molecule has 1 aliphatic rings. The van der Waals surface area contributed by atoms with Gasteiger partial charge in [-0.3, -0.25) is 4.79 Å². The molecule has 2 N–H and O–H groups in total. The number of hydrogen-bond donors (Lipinski definition) is 2. The molecular weight excluding hydrogens is 476 g/mol. The lowest BCUT2D eigenvalue weighted by molar-refractivity contribution is -0.142. The summed E-state index contributed by atoms with van der Waals surface area (Å²) in [7, 11) is -3.52. The highest BCUT2D eigenvalue weighted by Crippen LogP contribution is 2.43. The first-order valence-corrected chi connectivity index (χ1v) is 14.5. The van der Waals surface area contributed by atoms with E-state index >= 15 is 0 Å². The highest BCUT2D eigenvalue weighted by Gasteiger charge is 2.39. The Bertz CT molecular complexity index is 1120. The highest BCUT2D eigenvalue weighted by molar-refractivity contribution is 7.88. The summed E-state index contributed by atoms with van der Waals surface area (Å²) in [4.78, 5) is 11.9. The van der Waals surface area contributed by atoms with Gasteiger partial charge in [0.2, 0.25) is 10.0 Å². The third-order valence-electron chi connectivity index (χ3n) is 6.75. The van der Waals surface area contributed by atoms with Gasteiger partial charge in [0, 0.05) is 18.5 Å². The van der Waals surface area contributed by atoms with E-state index in [1.807, 2.05) is 57.2 Å². The van der Waals surface area contributed by atoms with E-state index in [9.17, 15) is 18.3 Å². The molecule has 0 saturated heterocycles. The molecule has 1 heterocycles. The SMILES string of the molecule is Cc1ccc2c(c1)C(N(CCCC(CCNCCc1ccccc1)C(=O)O)S(C)(=O)=O)CC(C)(C)O2. The number of nitrogens with one attached hydrogen (secondary N) is 1. The fourth-order valence-corrected chi connectivity index (χ4v) is 6.02. The second kappa shape index (κ2) is 12.2. The molecule has 1 aliphatic heterocycles. The molecule has 2 unspecified atom stereocenters. The summed E-state index contributed by atoms with van der Waals surface area (Å²) in [6.07, 6.45) is 4.07. The lowest BCUT2D eigenvalue weighted by atomic mass is 9.88. The zero-order valence-corrected chi connectivity index (χ0v) is 22.7. The molecule has 0 radical (unpaired) electrons. The Labute approximate surface area is 215 Å². The zero-order valence-electron chi connectivity index (χ0n) is 21.9. The Morgan fingerprint density at radius 1 is 1.17 bits per heavy atom. The van der Waals surface area contributed by atoms with Gasteiger partial charge in [-0.2, -0.15) is 4.31 Å². The topological polar surface area (TPSA) is 95.9 Å². The van der Waals surface area contributed by atoms with Crippen molar-refractivity contribution < 1.29 is 23.1 Å². The van der Waals surface area contributed by atoms with Gasteiger partial charge in [0.1, 0.15) is 11.4 Å². The van der Waals surface area contributed by atoms with E-state index in [0.717, 1.165) is 24.1 Å². The number of sulfonamides is 1. The van der Waals surface area contributed by atoms with Crippen molar-refractivity contribution in [3.63, 3.8) is 0 Å². The van der Waals surface area contributed by atoms with Gasteiger partial charge in [-0.1, -0.05) is 48.0 Å². The molecule has 8 heteroatoms. The second-order valence-electron chi connectivity index (χ2n) is 10.4. The number of carboxylic acid groups (broad SMARTS) is 1. The van der Waals surface area contributed by atoms with Gasteiger partial charge in [-0.05, 0) is 71.2 Å². The number of nitrogens with zero attached hydrogens (tertiary/aromatic N) is 1. The van der Waals surface area contributed by atoms with E-state index in [2.05, 4.69) is 17.4 Å². The lowest BCUT2D eigenvalue weighted by Crippen LogP contribution is -2.44. The van der Waals surface area contributed by atoms with Crippen molar-refractivity contribution in [2.75, 3.05) is 25.9 Å². The Kier molecular flexibility index (Phi) is 9.55. The van der Waals surface area contributed by atoms with Crippen molar-refractivity contribution in [1.29, 1.82) is 0 Å². The van der Waals surface area contributed by atoms with Crippen molar-refractivity contribution in [2.45, 2.75) is 64.5 Å². The maximum Gasteiger partial charge on any atom is 0.306 e. The number of carbonyl (C=O) groups is 1. The zero-order chi connectivity index (χ0) is 26.3. The van der Waals surface area contributed by atoms with Crippen molar-refractivity contribution in [3.8, 4) is 5.75 Å². The van der Waals surface area contributed by atoms with Crippen LogP contribution < -0.4 is 10.1 Å². The van der Waals surface area contributed by atoms with E-state index < -0.39 is 27.5 Å². The number of hydrogen-bond acceptors (Lipinski definition) is 5. The number of rotatable bonds is 13. The predicted octanol–water partition coefficient (Wildman–Crippen LogP) is 4.56. The second-order valence-corrected chi connectivity index (χ2v) is 12.4. The quantitative estimate of drug-likeness (QED) is 0.379. The van der Waals surface area contributed by atoms with E-state index in [1.165, 1.54) is 16.1 Å². The molecule has 2 atom stereocenters. The highest BCUT2D eigenvalue weighted by atomic mass is 32.2. The van der Waals surface area contributed by atoms with Crippen LogP contribution in [0.15, 0.2) is 48.5 Å². The largest absolute Gasteiger partial charge is 0.487 e. The molecule has 0 bridgehead atoms. The number of ether oxygens (including phenoxy) is 1. The van der Waals surface area contributed by atoms with Gasteiger partial charge in [0.15, 0.2) is 0 Å². The maximum absolute atomic E-state index is 12.9. The molecule has 0 fully saturated rings. The molecule has 0 aromatic heterocycles. The minimum absolute atomic E-state index is 0.276. The van der Waals surface area contributed by atoms with E-state index in [-0.39, 0.29) is 12.6 Å². The van der Waals surface area contributed by atoms with Crippen LogP contribution in [0.1, 0.15) is 62.3 Å². The lowest BCUT2D eigenvalue weighted by Gasteiger charge is -2.42.